The highest BCUT2D eigenvalue weighted by Gasteiger charge is 2.22. The number of allylic oxidation sites excluding steroid dienone is 1. The van der Waals surface area contributed by atoms with Gasteiger partial charge in [0.15, 0.2) is 0 Å². The van der Waals surface area contributed by atoms with Crippen LogP contribution in [0.5, 0.6) is 0 Å². The van der Waals surface area contributed by atoms with Gasteiger partial charge >= 0.3 is 6.09 Å². The number of hydrogen-bond acceptors (Lipinski definition) is 3. The van der Waals surface area contributed by atoms with Crippen LogP contribution in [0.3, 0.4) is 0 Å². The molecule has 0 aliphatic carbocycles. The van der Waals surface area contributed by atoms with Gasteiger partial charge in [-0.1, -0.05) is 13.0 Å². The van der Waals surface area contributed by atoms with Gasteiger partial charge in [0.25, 0.3) is 0 Å². The fourth-order valence-corrected chi connectivity index (χ4v) is 1.87. The van der Waals surface area contributed by atoms with E-state index in [1.165, 1.54) is 0 Å². The molecule has 0 saturated heterocycles. The van der Waals surface area contributed by atoms with E-state index in [9.17, 15) is 4.79 Å². The molecule has 5 nitrogen and oxygen atoms in total. The fourth-order valence-electron chi connectivity index (χ4n) is 1.87. The third-order valence-corrected chi connectivity index (χ3v) is 2.93. The highest BCUT2D eigenvalue weighted by molar-refractivity contribution is 5.68. The number of imidazole rings is 1. The van der Waals surface area contributed by atoms with Crippen LogP contribution < -0.4 is 5.32 Å². The second kappa shape index (κ2) is 6.59. The lowest BCUT2D eigenvalue weighted by Gasteiger charge is -2.24. The van der Waals surface area contributed by atoms with Gasteiger partial charge in [0.1, 0.15) is 5.60 Å². The highest BCUT2D eigenvalue weighted by atomic mass is 16.6. The van der Waals surface area contributed by atoms with Gasteiger partial charge < -0.3 is 14.6 Å². The molecule has 1 aromatic rings. The lowest BCUT2D eigenvalue weighted by Crippen LogP contribution is -2.35. The van der Waals surface area contributed by atoms with Gasteiger partial charge in [-0.2, -0.15) is 0 Å². The number of rotatable bonds is 5. The fraction of sp³-hybridized carbons (Fsp3) is 0.600. The minimum Gasteiger partial charge on any atom is -0.444 e. The van der Waals surface area contributed by atoms with E-state index >= 15 is 0 Å². The van der Waals surface area contributed by atoms with E-state index in [1.807, 2.05) is 45.3 Å². The summed E-state index contributed by atoms with van der Waals surface area (Å²) in [5, 5.41) is 2.89. The van der Waals surface area contributed by atoms with Gasteiger partial charge in [0.2, 0.25) is 0 Å². The molecule has 112 valence electrons. The number of aromatic nitrogens is 2. The number of amides is 1. The van der Waals surface area contributed by atoms with Crippen molar-refractivity contribution < 1.29 is 9.53 Å². The lowest BCUT2D eigenvalue weighted by molar-refractivity contribution is 0.0500. The summed E-state index contributed by atoms with van der Waals surface area (Å²) in [5.74, 6) is 0. The van der Waals surface area contributed by atoms with Crippen molar-refractivity contribution in [3.8, 4) is 0 Å². The summed E-state index contributed by atoms with van der Waals surface area (Å²) < 4.78 is 7.29. The van der Waals surface area contributed by atoms with Crippen molar-refractivity contribution >= 4 is 6.09 Å². The second-order valence-corrected chi connectivity index (χ2v) is 5.81. The molecule has 1 rings (SSSR count). The molecule has 1 heterocycles. The van der Waals surface area contributed by atoms with Crippen LogP contribution in [0, 0.1) is 0 Å². The van der Waals surface area contributed by atoms with E-state index in [-0.39, 0.29) is 12.1 Å². The normalized spacial score (nSPS) is 14.4. The predicted molar refractivity (Wildman–Crippen MR) is 79.5 cm³/mol. The molecule has 0 radical (unpaired) electrons. The minimum atomic E-state index is -0.503. The van der Waals surface area contributed by atoms with E-state index in [1.54, 1.807) is 12.5 Å². The average molecular weight is 279 g/mol. The number of nitrogens with zero attached hydrogens (tertiary/aromatic N) is 2. The predicted octanol–water partition coefficient (Wildman–Crippen LogP) is 3.61. The quantitative estimate of drug-likeness (QED) is 0.838. The van der Waals surface area contributed by atoms with E-state index in [4.69, 9.17) is 4.74 Å². The van der Waals surface area contributed by atoms with E-state index in [0.29, 0.717) is 0 Å². The van der Waals surface area contributed by atoms with Gasteiger partial charge in [-0.3, -0.25) is 0 Å². The van der Waals surface area contributed by atoms with Crippen LogP contribution >= 0.6 is 0 Å². The largest absolute Gasteiger partial charge is 0.444 e. The van der Waals surface area contributed by atoms with E-state index in [0.717, 1.165) is 12.1 Å². The third kappa shape index (κ3) is 4.40. The summed E-state index contributed by atoms with van der Waals surface area (Å²) in [5.41, 5.74) is 0.447. The van der Waals surface area contributed by atoms with Crippen molar-refractivity contribution in [3.63, 3.8) is 0 Å². The maximum absolute atomic E-state index is 11.9. The Bertz CT molecular complexity index is 460. The Kier molecular flexibility index (Phi) is 5.36. The zero-order chi connectivity index (χ0) is 15.3. The zero-order valence-corrected chi connectivity index (χ0v) is 13.0. The molecule has 0 fully saturated rings. The topological polar surface area (TPSA) is 56.2 Å². The van der Waals surface area contributed by atoms with Crippen LogP contribution in [0.2, 0.25) is 0 Å². The van der Waals surface area contributed by atoms with Crippen LogP contribution in [0.25, 0.3) is 0 Å². The monoisotopic (exact) mass is 279 g/mol. The molecule has 20 heavy (non-hydrogen) atoms. The van der Waals surface area contributed by atoms with Gasteiger partial charge in [0.05, 0.1) is 24.3 Å². The first-order valence-corrected chi connectivity index (χ1v) is 6.92. The maximum Gasteiger partial charge on any atom is 0.408 e. The Hall–Kier alpha value is -1.78. The Balaban J connectivity index is 2.84. The molecule has 0 aliphatic rings. The number of alkyl carbamates (subject to hydrolysis) is 1. The molecular weight excluding hydrogens is 254 g/mol. The van der Waals surface area contributed by atoms with Crippen molar-refractivity contribution in [2.24, 2.45) is 0 Å². The SMILES string of the molecule is C=CC(C)n1cncc1[C@@H](CC)NC(=O)OC(C)(C)C. The number of carbonyl (C=O) groups is 1. The van der Waals surface area contributed by atoms with Gasteiger partial charge in [0, 0.05) is 6.04 Å². The molecule has 1 N–H and O–H groups in total. The Labute approximate surface area is 121 Å². The molecule has 0 aromatic carbocycles. The highest BCUT2D eigenvalue weighted by Crippen LogP contribution is 2.21. The molecule has 5 heteroatoms. The maximum atomic E-state index is 11.9. The first-order valence-electron chi connectivity index (χ1n) is 6.92. The summed E-state index contributed by atoms with van der Waals surface area (Å²) in [4.78, 5) is 16.1. The van der Waals surface area contributed by atoms with Crippen LogP contribution in [-0.4, -0.2) is 21.2 Å². The Morgan fingerprint density at radius 1 is 1.60 bits per heavy atom. The van der Waals surface area contributed by atoms with Crippen molar-refractivity contribution in [3.05, 3.63) is 30.9 Å². The van der Waals surface area contributed by atoms with Crippen LogP contribution in [0.4, 0.5) is 4.79 Å². The van der Waals surface area contributed by atoms with Gasteiger partial charge in [-0.25, -0.2) is 9.78 Å². The summed E-state index contributed by atoms with van der Waals surface area (Å²) in [6.45, 7) is 13.4. The minimum absolute atomic E-state index is 0.127. The Morgan fingerprint density at radius 2 is 2.25 bits per heavy atom. The molecule has 1 amide bonds. The van der Waals surface area contributed by atoms with Crippen LogP contribution in [-0.2, 0) is 4.74 Å². The first-order chi connectivity index (χ1) is 9.28. The van der Waals surface area contributed by atoms with Crippen molar-refractivity contribution in [1.82, 2.24) is 14.9 Å². The van der Waals surface area contributed by atoms with E-state index in [2.05, 4.69) is 16.9 Å². The third-order valence-electron chi connectivity index (χ3n) is 2.93. The van der Waals surface area contributed by atoms with Gasteiger partial charge in [-0.05, 0) is 34.1 Å². The number of carbonyl (C=O) groups excluding carboxylic acids is 1. The molecule has 2 atom stereocenters. The summed E-state index contributed by atoms with van der Waals surface area (Å²) in [6.07, 6.45) is 5.70. The van der Waals surface area contributed by atoms with E-state index < -0.39 is 11.7 Å². The van der Waals surface area contributed by atoms with Crippen molar-refractivity contribution in [2.75, 3.05) is 0 Å². The zero-order valence-electron chi connectivity index (χ0n) is 13.0. The number of hydrogen-bond donors (Lipinski definition) is 1. The molecule has 1 aromatic heterocycles. The van der Waals surface area contributed by atoms with Crippen molar-refractivity contribution in [1.29, 1.82) is 0 Å². The second-order valence-electron chi connectivity index (χ2n) is 5.81. The van der Waals surface area contributed by atoms with Gasteiger partial charge in [-0.15, -0.1) is 6.58 Å². The summed E-state index contributed by atoms with van der Waals surface area (Å²) >= 11 is 0. The summed E-state index contributed by atoms with van der Waals surface area (Å²) in [7, 11) is 0. The van der Waals surface area contributed by atoms with Crippen LogP contribution in [0.1, 0.15) is 58.8 Å². The molecule has 0 bridgehead atoms. The Morgan fingerprint density at radius 3 is 2.75 bits per heavy atom. The number of ether oxygens (including phenoxy) is 1. The standard InChI is InChI=1S/C15H25N3O2/c1-7-11(3)18-10-16-9-13(18)12(8-2)17-14(19)20-15(4,5)6/h7,9-12H,1,8H2,2-6H3,(H,17,19)/t11?,12-/m1/s1. The first kappa shape index (κ1) is 16.3. The number of nitrogens with one attached hydrogen (secondary N) is 1. The molecule has 0 saturated carbocycles. The van der Waals surface area contributed by atoms with Crippen molar-refractivity contribution in [2.45, 2.75) is 58.7 Å². The lowest BCUT2D eigenvalue weighted by atomic mass is 10.1. The molecular formula is C15H25N3O2. The molecule has 1 unspecified atom stereocenters. The average Bonchev–Trinajstić information content (AvgIpc) is 2.81. The van der Waals surface area contributed by atoms with Crippen LogP contribution in [0.15, 0.2) is 25.2 Å². The summed E-state index contributed by atoms with van der Waals surface area (Å²) in [6, 6.07) is -0.00302. The molecule has 0 aliphatic heterocycles. The smallest absolute Gasteiger partial charge is 0.408 e. The molecule has 0 spiro atoms.